The van der Waals surface area contributed by atoms with Crippen LogP contribution in [0.2, 0.25) is 0 Å². The summed E-state index contributed by atoms with van der Waals surface area (Å²) in [5, 5.41) is 1.22. The van der Waals surface area contributed by atoms with Gasteiger partial charge in [-0.15, -0.1) is 0 Å². The summed E-state index contributed by atoms with van der Waals surface area (Å²) >= 11 is 0. The van der Waals surface area contributed by atoms with E-state index in [1.54, 1.807) is 0 Å². The van der Waals surface area contributed by atoms with Crippen LogP contribution >= 0.6 is 0 Å². The molecule has 0 radical (unpaired) electrons. The van der Waals surface area contributed by atoms with Crippen molar-refractivity contribution in [2.45, 2.75) is 60.3 Å². The zero-order valence-corrected chi connectivity index (χ0v) is 20.4. The summed E-state index contributed by atoms with van der Waals surface area (Å²) < 4.78 is 2.31. The van der Waals surface area contributed by atoms with Crippen molar-refractivity contribution in [3.8, 4) is 5.69 Å². The molecule has 3 heterocycles. The van der Waals surface area contributed by atoms with Gasteiger partial charge in [0.1, 0.15) is 11.6 Å². The normalized spacial score (nSPS) is 16.9. The lowest BCUT2D eigenvalue weighted by molar-refractivity contribution is 0.343. The number of likely N-dealkylation sites (tertiary alicyclic amines) is 1. The topological polar surface area (TPSA) is 37.2 Å². The third-order valence-corrected chi connectivity index (χ3v) is 7.16. The number of hydrogen-bond donors (Lipinski definition) is 0. The molecule has 1 saturated carbocycles. The van der Waals surface area contributed by atoms with E-state index in [2.05, 4.69) is 60.4 Å². The van der Waals surface area contributed by atoms with Crippen LogP contribution in [0.15, 0.2) is 18.3 Å². The fraction of sp³-hybridized carbons (Fsp3) is 0.556. The molecule has 5 nitrogen and oxygen atoms in total. The first-order valence-electron chi connectivity index (χ1n) is 12.3. The summed E-state index contributed by atoms with van der Waals surface area (Å²) in [7, 11) is 0. The maximum absolute atomic E-state index is 5.04. The van der Waals surface area contributed by atoms with Gasteiger partial charge in [-0.3, -0.25) is 0 Å². The SMILES string of the molecule is Cc1cc(C)c(-n2cc(C)c3c(N(CCN4CCCC4)CC4CC4)nc(C)nc32)c(C)c1. The van der Waals surface area contributed by atoms with E-state index in [4.69, 9.17) is 9.97 Å². The van der Waals surface area contributed by atoms with Gasteiger partial charge in [-0.25, -0.2) is 9.97 Å². The molecule has 0 atom stereocenters. The number of nitrogens with zero attached hydrogens (tertiary/aromatic N) is 5. The van der Waals surface area contributed by atoms with Gasteiger partial charge in [0.2, 0.25) is 0 Å². The number of anilines is 1. The molecule has 2 aliphatic rings. The number of rotatable bonds is 7. The highest BCUT2D eigenvalue weighted by Gasteiger charge is 2.28. The van der Waals surface area contributed by atoms with Gasteiger partial charge in [0.05, 0.1) is 11.1 Å². The molecule has 1 aromatic carbocycles. The standard InChI is InChI=1S/C27H37N5/c1-18-14-19(2)25(20(3)15-18)32-16-21(4)24-26(28-22(5)29-27(24)32)31(17-23-8-9-23)13-12-30-10-6-7-11-30/h14-16,23H,6-13,17H2,1-5H3. The smallest absolute Gasteiger partial charge is 0.150 e. The Kier molecular flexibility index (Phi) is 5.70. The van der Waals surface area contributed by atoms with Crippen molar-refractivity contribution in [1.29, 1.82) is 0 Å². The minimum absolute atomic E-state index is 0.822. The summed E-state index contributed by atoms with van der Waals surface area (Å²) in [6, 6.07) is 4.54. The molecule has 5 heteroatoms. The van der Waals surface area contributed by atoms with Gasteiger partial charge in [0.25, 0.3) is 0 Å². The second-order valence-electron chi connectivity index (χ2n) is 10.2. The Morgan fingerprint density at radius 1 is 0.938 bits per heavy atom. The van der Waals surface area contributed by atoms with E-state index in [0.717, 1.165) is 42.8 Å². The van der Waals surface area contributed by atoms with Crippen molar-refractivity contribution in [3.63, 3.8) is 0 Å². The maximum Gasteiger partial charge on any atom is 0.150 e. The van der Waals surface area contributed by atoms with Crippen molar-refractivity contribution in [1.82, 2.24) is 19.4 Å². The summed E-state index contributed by atoms with van der Waals surface area (Å²) in [6.45, 7) is 16.6. The molecule has 0 unspecified atom stereocenters. The molecule has 170 valence electrons. The first kappa shape index (κ1) is 21.4. The van der Waals surface area contributed by atoms with Crippen LogP contribution in [0.3, 0.4) is 0 Å². The van der Waals surface area contributed by atoms with Crippen LogP contribution in [-0.2, 0) is 0 Å². The average Bonchev–Trinajstić information content (AvgIpc) is 3.28. The molecule has 1 saturated heterocycles. The molecule has 0 amide bonds. The Labute approximate surface area is 192 Å². The molecule has 1 aliphatic heterocycles. The van der Waals surface area contributed by atoms with Crippen LogP contribution in [0.5, 0.6) is 0 Å². The molecule has 0 bridgehead atoms. The second-order valence-corrected chi connectivity index (χ2v) is 10.2. The van der Waals surface area contributed by atoms with Gasteiger partial charge in [-0.2, -0.15) is 0 Å². The average molecular weight is 432 g/mol. The van der Waals surface area contributed by atoms with Crippen molar-refractivity contribution >= 4 is 16.9 Å². The summed E-state index contributed by atoms with van der Waals surface area (Å²) in [5.74, 6) is 2.82. The van der Waals surface area contributed by atoms with E-state index >= 15 is 0 Å². The lowest BCUT2D eigenvalue weighted by atomic mass is 10.1. The van der Waals surface area contributed by atoms with Crippen LogP contribution < -0.4 is 4.90 Å². The van der Waals surface area contributed by atoms with E-state index in [-0.39, 0.29) is 0 Å². The summed E-state index contributed by atoms with van der Waals surface area (Å²) in [4.78, 5) is 15.2. The van der Waals surface area contributed by atoms with Gasteiger partial charge in [0, 0.05) is 25.8 Å². The van der Waals surface area contributed by atoms with E-state index in [9.17, 15) is 0 Å². The fourth-order valence-corrected chi connectivity index (χ4v) is 5.51. The zero-order valence-electron chi connectivity index (χ0n) is 20.4. The van der Waals surface area contributed by atoms with Gasteiger partial charge in [-0.05, 0) is 96.0 Å². The predicted octanol–water partition coefficient (Wildman–Crippen LogP) is 5.27. The lowest BCUT2D eigenvalue weighted by Gasteiger charge is -2.27. The minimum Gasteiger partial charge on any atom is -0.354 e. The Balaban J connectivity index is 1.60. The van der Waals surface area contributed by atoms with Crippen LogP contribution in [0.25, 0.3) is 16.7 Å². The summed E-state index contributed by atoms with van der Waals surface area (Å²) in [5.41, 5.74) is 7.45. The van der Waals surface area contributed by atoms with Crippen LogP contribution in [-0.4, -0.2) is 52.2 Å². The van der Waals surface area contributed by atoms with Crippen LogP contribution in [0.1, 0.15) is 53.8 Å². The quantitative estimate of drug-likeness (QED) is 0.510. The van der Waals surface area contributed by atoms with E-state index in [0.29, 0.717) is 0 Å². The van der Waals surface area contributed by atoms with Crippen LogP contribution in [0.4, 0.5) is 5.82 Å². The van der Waals surface area contributed by atoms with E-state index in [1.165, 1.54) is 72.1 Å². The van der Waals surface area contributed by atoms with Crippen molar-refractivity contribution in [2.75, 3.05) is 37.6 Å². The summed E-state index contributed by atoms with van der Waals surface area (Å²) in [6.07, 6.45) is 7.67. The molecule has 2 fully saturated rings. The third-order valence-electron chi connectivity index (χ3n) is 7.16. The Morgan fingerprint density at radius 2 is 1.62 bits per heavy atom. The van der Waals surface area contributed by atoms with Crippen molar-refractivity contribution in [3.05, 3.63) is 46.4 Å². The molecule has 5 rings (SSSR count). The lowest BCUT2D eigenvalue weighted by Crippen LogP contribution is -2.36. The predicted molar refractivity (Wildman–Crippen MR) is 133 cm³/mol. The van der Waals surface area contributed by atoms with Gasteiger partial charge in [-0.1, -0.05) is 17.7 Å². The molecule has 0 N–H and O–H groups in total. The maximum atomic E-state index is 5.04. The fourth-order valence-electron chi connectivity index (χ4n) is 5.51. The molecular formula is C27H37N5. The number of aryl methyl sites for hydroxylation is 5. The number of benzene rings is 1. The highest BCUT2D eigenvalue weighted by Crippen LogP contribution is 2.36. The number of hydrogen-bond acceptors (Lipinski definition) is 4. The molecule has 0 spiro atoms. The highest BCUT2D eigenvalue weighted by molar-refractivity contribution is 5.92. The third kappa shape index (κ3) is 4.15. The molecule has 1 aliphatic carbocycles. The Morgan fingerprint density at radius 3 is 2.28 bits per heavy atom. The first-order valence-corrected chi connectivity index (χ1v) is 12.3. The highest BCUT2D eigenvalue weighted by atomic mass is 15.2. The first-order chi connectivity index (χ1) is 15.4. The largest absolute Gasteiger partial charge is 0.354 e. The van der Waals surface area contributed by atoms with Crippen molar-refractivity contribution < 1.29 is 0 Å². The molecule has 3 aromatic rings. The monoisotopic (exact) mass is 431 g/mol. The molecule has 2 aromatic heterocycles. The van der Waals surface area contributed by atoms with Crippen LogP contribution in [0, 0.1) is 40.5 Å². The molecule has 32 heavy (non-hydrogen) atoms. The molecular weight excluding hydrogens is 394 g/mol. The van der Waals surface area contributed by atoms with Gasteiger partial charge < -0.3 is 14.4 Å². The minimum atomic E-state index is 0.822. The Bertz CT molecular complexity index is 1110. The van der Waals surface area contributed by atoms with Gasteiger partial charge in [0.15, 0.2) is 5.65 Å². The van der Waals surface area contributed by atoms with E-state index < -0.39 is 0 Å². The van der Waals surface area contributed by atoms with Crippen molar-refractivity contribution in [2.24, 2.45) is 5.92 Å². The zero-order chi connectivity index (χ0) is 22.4. The Hall–Kier alpha value is -2.40. The second kappa shape index (κ2) is 8.51. The van der Waals surface area contributed by atoms with Gasteiger partial charge >= 0.3 is 0 Å². The number of fused-ring (bicyclic) bond motifs is 1. The van der Waals surface area contributed by atoms with E-state index in [1.807, 2.05) is 6.92 Å². The number of aromatic nitrogens is 3.